The third-order valence-electron chi connectivity index (χ3n) is 5.76. The molecule has 1 aromatic carbocycles. The molecule has 27 heavy (non-hydrogen) atoms. The second-order valence-corrected chi connectivity index (χ2v) is 8.09. The minimum atomic E-state index is -0.0218. The lowest BCUT2D eigenvalue weighted by Crippen LogP contribution is -2.44. The van der Waals surface area contributed by atoms with Gasteiger partial charge in [0.1, 0.15) is 5.69 Å². The third-order valence-corrected chi connectivity index (χ3v) is 6.00. The maximum atomic E-state index is 12.8. The Balaban J connectivity index is 1.59. The van der Waals surface area contributed by atoms with E-state index < -0.39 is 0 Å². The van der Waals surface area contributed by atoms with Gasteiger partial charge >= 0.3 is 0 Å². The summed E-state index contributed by atoms with van der Waals surface area (Å²) in [5.74, 6) is 0.435. The normalized spacial score (nSPS) is 17.7. The Morgan fingerprint density at radius 2 is 1.96 bits per heavy atom. The highest BCUT2D eigenvalue weighted by Gasteiger charge is 2.30. The summed E-state index contributed by atoms with van der Waals surface area (Å²) >= 11 is 6.03. The molecule has 0 unspecified atom stereocenters. The van der Waals surface area contributed by atoms with E-state index in [0.29, 0.717) is 29.7 Å². The number of nitrogens with zero attached hydrogens (tertiary/aromatic N) is 1. The number of amides is 2. The van der Waals surface area contributed by atoms with Gasteiger partial charge in [-0.1, -0.05) is 25.4 Å². The molecule has 0 spiro atoms. The predicted octanol–water partition coefficient (Wildman–Crippen LogP) is 4.22. The zero-order valence-corrected chi connectivity index (χ0v) is 17.0. The Kier molecular flexibility index (Phi) is 6.10. The molecule has 1 aliphatic rings. The molecule has 1 aromatic heterocycles. The topological polar surface area (TPSA) is 65.2 Å². The van der Waals surface area contributed by atoms with Crippen molar-refractivity contribution in [2.24, 2.45) is 11.8 Å². The van der Waals surface area contributed by atoms with Gasteiger partial charge in [-0.05, 0) is 56.4 Å². The number of hydrogen-bond acceptors (Lipinski definition) is 2. The first-order chi connectivity index (χ1) is 12.9. The highest BCUT2D eigenvalue weighted by Crippen LogP contribution is 2.27. The Hall–Kier alpha value is -2.01. The number of benzene rings is 1. The molecule has 0 saturated carbocycles. The van der Waals surface area contributed by atoms with Crippen molar-refractivity contribution in [1.29, 1.82) is 0 Å². The van der Waals surface area contributed by atoms with Crippen LogP contribution in [0.25, 0.3) is 10.9 Å². The summed E-state index contributed by atoms with van der Waals surface area (Å²) in [6.07, 6.45) is 2.64. The van der Waals surface area contributed by atoms with E-state index in [9.17, 15) is 9.59 Å². The Morgan fingerprint density at radius 3 is 2.63 bits per heavy atom. The van der Waals surface area contributed by atoms with Gasteiger partial charge in [-0.25, -0.2) is 0 Å². The fraction of sp³-hybridized carbons (Fsp3) is 0.524. The molecule has 0 radical (unpaired) electrons. The van der Waals surface area contributed by atoms with E-state index in [1.807, 2.05) is 43.0 Å². The zero-order chi connectivity index (χ0) is 19.6. The van der Waals surface area contributed by atoms with Crippen molar-refractivity contribution in [1.82, 2.24) is 15.2 Å². The van der Waals surface area contributed by atoms with Gasteiger partial charge in [-0.2, -0.15) is 0 Å². The Labute approximate surface area is 165 Å². The van der Waals surface area contributed by atoms with E-state index >= 15 is 0 Å². The van der Waals surface area contributed by atoms with Gasteiger partial charge < -0.3 is 15.2 Å². The van der Waals surface area contributed by atoms with Crippen molar-refractivity contribution in [3.05, 3.63) is 35.0 Å². The average Bonchev–Trinajstić information content (AvgIpc) is 3.09. The molecule has 3 rings (SSSR count). The highest BCUT2D eigenvalue weighted by molar-refractivity contribution is 6.31. The summed E-state index contributed by atoms with van der Waals surface area (Å²) in [4.78, 5) is 30.3. The van der Waals surface area contributed by atoms with Crippen molar-refractivity contribution in [3.63, 3.8) is 0 Å². The van der Waals surface area contributed by atoms with Crippen LogP contribution in [-0.2, 0) is 4.79 Å². The summed E-state index contributed by atoms with van der Waals surface area (Å²) in [6, 6.07) is 7.62. The van der Waals surface area contributed by atoms with Crippen LogP contribution in [0.2, 0.25) is 5.02 Å². The lowest BCUT2D eigenvalue weighted by Gasteiger charge is -2.34. The van der Waals surface area contributed by atoms with Crippen LogP contribution in [0.3, 0.4) is 0 Å². The van der Waals surface area contributed by atoms with Crippen molar-refractivity contribution >= 4 is 34.3 Å². The first kappa shape index (κ1) is 19.7. The summed E-state index contributed by atoms with van der Waals surface area (Å²) in [5, 5.41) is 4.67. The molecule has 0 aliphatic carbocycles. The van der Waals surface area contributed by atoms with Gasteiger partial charge in [0.25, 0.3) is 5.91 Å². The Morgan fingerprint density at radius 1 is 1.26 bits per heavy atom. The minimum absolute atomic E-state index is 0.0116. The molecule has 2 atom stereocenters. The van der Waals surface area contributed by atoms with Crippen LogP contribution in [0.4, 0.5) is 0 Å². The largest absolute Gasteiger partial charge is 0.353 e. The van der Waals surface area contributed by atoms with E-state index in [0.717, 1.165) is 30.2 Å². The van der Waals surface area contributed by atoms with Gasteiger partial charge in [0.2, 0.25) is 5.91 Å². The zero-order valence-electron chi connectivity index (χ0n) is 16.2. The van der Waals surface area contributed by atoms with Gasteiger partial charge in [0.15, 0.2) is 0 Å². The van der Waals surface area contributed by atoms with E-state index in [-0.39, 0.29) is 23.8 Å². The number of aromatic nitrogens is 1. The average molecular weight is 390 g/mol. The van der Waals surface area contributed by atoms with Crippen LogP contribution in [0.5, 0.6) is 0 Å². The number of carbonyl (C=O) groups excluding carboxylic acids is 2. The lowest BCUT2D eigenvalue weighted by molar-refractivity contribution is -0.127. The molecule has 2 N–H and O–H groups in total. The summed E-state index contributed by atoms with van der Waals surface area (Å²) in [5.41, 5.74) is 1.50. The number of fused-ring (bicyclic) bond motifs is 1. The number of halogens is 1. The number of piperidine rings is 1. The fourth-order valence-corrected chi connectivity index (χ4v) is 3.86. The maximum absolute atomic E-state index is 12.8. The van der Waals surface area contributed by atoms with Crippen molar-refractivity contribution in [3.8, 4) is 0 Å². The highest BCUT2D eigenvalue weighted by atomic mass is 35.5. The summed E-state index contributed by atoms with van der Waals surface area (Å²) in [7, 11) is 0. The van der Waals surface area contributed by atoms with Gasteiger partial charge in [-0.15, -0.1) is 0 Å². The number of rotatable bonds is 5. The van der Waals surface area contributed by atoms with Crippen molar-refractivity contribution in [2.45, 2.75) is 46.1 Å². The number of aromatic amines is 1. The Bertz CT molecular complexity index is 824. The summed E-state index contributed by atoms with van der Waals surface area (Å²) < 4.78 is 0. The van der Waals surface area contributed by atoms with Crippen LogP contribution in [0, 0.1) is 11.8 Å². The molecule has 1 saturated heterocycles. The minimum Gasteiger partial charge on any atom is -0.353 e. The molecular weight excluding hydrogens is 362 g/mol. The van der Waals surface area contributed by atoms with E-state index in [2.05, 4.69) is 17.2 Å². The fourth-order valence-electron chi connectivity index (χ4n) is 3.68. The number of likely N-dealkylation sites (tertiary alicyclic amines) is 1. The molecule has 6 heteroatoms. The molecule has 2 aromatic rings. The van der Waals surface area contributed by atoms with Gasteiger partial charge in [-0.3, -0.25) is 9.59 Å². The molecule has 1 fully saturated rings. The number of carbonyl (C=O) groups is 2. The van der Waals surface area contributed by atoms with Crippen molar-refractivity contribution in [2.75, 3.05) is 13.1 Å². The number of hydrogen-bond donors (Lipinski definition) is 2. The molecule has 0 bridgehead atoms. The predicted molar refractivity (Wildman–Crippen MR) is 109 cm³/mol. The smallest absolute Gasteiger partial charge is 0.270 e. The molecule has 5 nitrogen and oxygen atoms in total. The quantitative estimate of drug-likeness (QED) is 0.803. The van der Waals surface area contributed by atoms with Crippen LogP contribution >= 0.6 is 11.6 Å². The number of nitrogens with one attached hydrogen (secondary N) is 2. The van der Waals surface area contributed by atoms with Crippen LogP contribution in [-0.4, -0.2) is 40.8 Å². The second kappa shape index (κ2) is 8.34. The SMILES string of the molecule is CC[C@H](C)NC(=O)[C@@H](C)C1CCN(C(=O)c2cc3cc(Cl)ccc3[nH]2)CC1. The molecule has 2 heterocycles. The molecule has 2 amide bonds. The second-order valence-electron chi connectivity index (χ2n) is 7.65. The van der Waals surface area contributed by atoms with Crippen LogP contribution in [0.15, 0.2) is 24.3 Å². The molecule has 146 valence electrons. The number of H-pyrrole nitrogens is 1. The monoisotopic (exact) mass is 389 g/mol. The molecule has 1 aliphatic heterocycles. The third kappa shape index (κ3) is 4.46. The van der Waals surface area contributed by atoms with Crippen LogP contribution < -0.4 is 5.32 Å². The molecular formula is C21H28ClN3O2. The lowest BCUT2D eigenvalue weighted by atomic mass is 9.84. The first-order valence-corrected chi connectivity index (χ1v) is 10.1. The van der Waals surface area contributed by atoms with E-state index in [1.54, 1.807) is 0 Å². The van der Waals surface area contributed by atoms with Gasteiger partial charge in [0.05, 0.1) is 0 Å². The summed E-state index contributed by atoms with van der Waals surface area (Å²) in [6.45, 7) is 7.46. The maximum Gasteiger partial charge on any atom is 0.270 e. The van der Waals surface area contributed by atoms with E-state index in [4.69, 9.17) is 11.6 Å². The first-order valence-electron chi connectivity index (χ1n) is 9.77. The van der Waals surface area contributed by atoms with E-state index in [1.165, 1.54) is 0 Å². The van der Waals surface area contributed by atoms with Crippen LogP contribution in [0.1, 0.15) is 50.5 Å². The van der Waals surface area contributed by atoms with Gasteiger partial charge in [0, 0.05) is 41.0 Å². The standard InChI is InChI=1S/C21H28ClN3O2/c1-4-13(2)23-20(26)14(3)15-7-9-25(10-8-15)21(27)19-12-16-11-17(22)5-6-18(16)24-19/h5-6,11-15,24H,4,7-10H2,1-3H3,(H,23,26)/t13-,14-/m0/s1. The van der Waals surface area contributed by atoms with Crippen molar-refractivity contribution < 1.29 is 9.59 Å².